The van der Waals surface area contributed by atoms with E-state index in [0.717, 1.165) is 89.9 Å². The van der Waals surface area contributed by atoms with Crippen LogP contribution in [0.3, 0.4) is 0 Å². The van der Waals surface area contributed by atoms with Crippen LogP contribution in [0.5, 0.6) is 0 Å². The molecule has 2 aliphatic carbocycles. The van der Waals surface area contributed by atoms with E-state index in [1.54, 1.807) is 0 Å². The van der Waals surface area contributed by atoms with Crippen molar-refractivity contribution in [1.29, 1.82) is 0 Å². The predicted molar refractivity (Wildman–Crippen MR) is 606 cm³/mol. The van der Waals surface area contributed by atoms with E-state index >= 15 is 0 Å². The molecule has 0 aliphatic heterocycles. The van der Waals surface area contributed by atoms with E-state index in [1.807, 2.05) is 12.1 Å². The molecule has 680 valence electrons. The first-order chi connectivity index (χ1) is 71.2. The smallest absolute Gasteiger partial charge is 0.143 e. The number of nitrogens with zero attached hydrogens (tertiary/aromatic N) is 5. The number of rotatable bonds is 16. The average molecular weight is 1840 g/mol. The van der Waals surface area contributed by atoms with Crippen LogP contribution in [0.4, 0.5) is 51.2 Å². The molecule has 2 aliphatic rings. The second-order valence-corrected chi connectivity index (χ2v) is 38.1. The summed E-state index contributed by atoms with van der Waals surface area (Å²) in [6.45, 7) is 4.71. The Morgan fingerprint density at radius 1 is 0.194 bits per heavy atom. The molecule has 0 fully saturated rings. The minimum Gasteiger partial charge on any atom is -0.455 e. The molecule has 26 aromatic rings. The van der Waals surface area contributed by atoms with Gasteiger partial charge >= 0.3 is 0 Å². The standard InChI is InChI=1S/C52H39N.C48H33N3.C38H25NO/c1-51(2)47-22-12-9-19-43(47)46-34-33-42(35-50(46)51)53(40-29-25-37(26-30-40)36-15-5-3-6-16-36)41-31-27-39(28-32-41)52(38-17-7-4-8-18-38)48-23-13-10-20-44(48)45-21-11-14-24-49(45)52;1-4-14-34(15-5-1)35-24-26-38(27-25-35)49(36-16-6-2-7-17-36)39-28-30-40(31-29-39)51-46-23-13-11-21-42(46)44-32-43-41-20-10-12-22-45(41)50(47(43)33-48(44)51)37-18-8-3-9-19-37;1-3-9-26(10-4-1)27-17-20-31(21-18-27)39(30-11-5-2-6-12-30)32-22-24-33-29(25-32)16-15-28-19-23-35-34-13-7-8-14-36(34)40-38(35)37(28)33/h3-35H,1-2H3;1-33H;1-25H. The summed E-state index contributed by atoms with van der Waals surface area (Å²) in [5, 5.41) is 12.1. The first kappa shape index (κ1) is 85.8. The van der Waals surface area contributed by atoms with Crippen molar-refractivity contribution in [2.75, 3.05) is 14.7 Å². The van der Waals surface area contributed by atoms with E-state index in [9.17, 15) is 0 Å². The predicted octanol–water partition coefficient (Wildman–Crippen LogP) is 37.5. The fourth-order valence-electron chi connectivity index (χ4n) is 23.0. The van der Waals surface area contributed by atoms with E-state index < -0.39 is 5.41 Å². The Labute approximate surface area is 837 Å². The lowest BCUT2D eigenvalue weighted by atomic mass is 9.68. The van der Waals surface area contributed by atoms with Gasteiger partial charge in [-0.3, -0.25) is 0 Å². The van der Waals surface area contributed by atoms with Crippen molar-refractivity contribution in [1.82, 2.24) is 9.13 Å². The second-order valence-electron chi connectivity index (χ2n) is 38.1. The number of benzene rings is 23. The summed E-state index contributed by atoms with van der Waals surface area (Å²) in [5.41, 5.74) is 39.0. The molecule has 0 bridgehead atoms. The highest BCUT2D eigenvalue weighted by Crippen LogP contribution is 2.58. The largest absolute Gasteiger partial charge is 0.455 e. The topological polar surface area (TPSA) is 32.7 Å². The molecule has 0 saturated carbocycles. The summed E-state index contributed by atoms with van der Waals surface area (Å²) in [5.74, 6) is 0. The van der Waals surface area contributed by atoms with Crippen LogP contribution in [0.2, 0.25) is 0 Å². The van der Waals surface area contributed by atoms with E-state index in [-0.39, 0.29) is 5.41 Å². The number of aromatic nitrogens is 2. The third-order valence-corrected chi connectivity index (χ3v) is 29.7. The molecule has 0 saturated heterocycles. The van der Waals surface area contributed by atoms with Crippen LogP contribution in [0, 0.1) is 0 Å². The molecular formula is C138H97N5O. The van der Waals surface area contributed by atoms with Gasteiger partial charge in [-0.25, -0.2) is 0 Å². The maximum Gasteiger partial charge on any atom is 0.143 e. The van der Waals surface area contributed by atoms with Gasteiger partial charge in [0.05, 0.1) is 27.5 Å². The van der Waals surface area contributed by atoms with Crippen LogP contribution in [0.15, 0.2) is 556 Å². The fraction of sp³-hybridized carbons (Fsp3) is 0.0290. The lowest BCUT2D eigenvalue weighted by molar-refractivity contribution is 0.660. The van der Waals surface area contributed by atoms with Crippen molar-refractivity contribution in [2.24, 2.45) is 0 Å². The Hall–Kier alpha value is -18.6. The zero-order chi connectivity index (χ0) is 95.8. The number of hydrogen-bond acceptors (Lipinski definition) is 4. The van der Waals surface area contributed by atoms with Crippen molar-refractivity contribution in [2.45, 2.75) is 24.7 Å². The molecule has 0 spiro atoms. The summed E-state index contributed by atoms with van der Waals surface area (Å²) in [6.07, 6.45) is 0. The van der Waals surface area contributed by atoms with E-state index in [4.69, 9.17) is 4.42 Å². The molecule has 3 heterocycles. The summed E-state index contributed by atoms with van der Waals surface area (Å²) in [7, 11) is 0. The summed E-state index contributed by atoms with van der Waals surface area (Å²) < 4.78 is 11.2. The quantitative estimate of drug-likeness (QED) is 0.0903. The molecule has 6 heteroatoms. The third kappa shape index (κ3) is 14.8. The van der Waals surface area contributed by atoms with Crippen LogP contribution in [-0.4, -0.2) is 9.13 Å². The molecule has 0 atom stereocenters. The lowest BCUT2D eigenvalue weighted by Crippen LogP contribution is -2.28. The van der Waals surface area contributed by atoms with Crippen molar-refractivity contribution in [3.63, 3.8) is 0 Å². The molecule has 0 amide bonds. The van der Waals surface area contributed by atoms with Gasteiger partial charge in [-0.05, 0) is 275 Å². The van der Waals surface area contributed by atoms with Gasteiger partial charge in [0.2, 0.25) is 0 Å². The second kappa shape index (κ2) is 36.0. The van der Waals surface area contributed by atoms with E-state index in [0.29, 0.717) is 0 Å². The first-order valence-electron chi connectivity index (χ1n) is 49.7. The van der Waals surface area contributed by atoms with Gasteiger partial charge in [0.15, 0.2) is 0 Å². The number of furan rings is 1. The van der Waals surface area contributed by atoms with Crippen molar-refractivity contribution >= 4 is 138 Å². The Morgan fingerprint density at radius 2 is 0.528 bits per heavy atom. The zero-order valence-electron chi connectivity index (χ0n) is 79.7. The molecule has 6 nitrogen and oxygen atoms in total. The van der Waals surface area contributed by atoms with Crippen molar-refractivity contribution in [3.8, 4) is 67.0 Å². The number of hydrogen-bond donors (Lipinski definition) is 0. The highest BCUT2D eigenvalue weighted by molar-refractivity contribution is 6.24. The van der Waals surface area contributed by atoms with E-state index in [2.05, 4.69) is 578 Å². The Kier molecular flexibility index (Phi) is 21.4. The maximum absolute atomic E-state index is 6.43. The summed E-state index contributed by atoms with van der Waals surface area (Å²) >= 11 is 0. The number of anilines is 9. The molecule has 23 aromatic carbocycles. The zero-order valence-corrected chi connectivity index (χ0v) is 79.7. The molecule has 28 rings (SSSR count). The maximum atomic E-state index is 6.43. The van der Waals surface area contributed by atoms with Gasteiger partial charge in [0.25, 0.3) is 0 Å². The molecule has 144 heavy (non-hydrogen) atoms. The lowest BCUT2D eigenvalue weighted by Gasteiger charge is -2.34. The Balaban J connectivity index is 0.000000111. The molecular weight excluding hydrogens is 1740 g/mol. The van der Waals surface area contributed by atoms with Crippen molar-refractivity contribution < 1.29 is 4.42 Å². The Morgan fingerprint density at radius 3 is 1.03 bits per heavy atom. The summed E-state index contributed by atoms with van der Waals surface area (Å²) in [4.78, 5) is 7.07. The molecule has 0 radical (unpaired) electrons. The van der Waals surface area contributed by atoms with Gasteiger partial charge in [-0.15, -0.1) is 0 Å². The van der Waals surface area contributed by atoms with Crippen LogP contribution in [0.1, 0.15) is 47.2 Å². The van der Waals surface area contributed by atoms with Crippen LogP contribution in [0.25, 0.3) is 154 Å². The molecule has 3 aromatic heterocycles. The van der Waals surface area contributed by atoms with Gasteiger partial charge < -0.3 is 28.3 Å². The van der Waals surface area contributed by atoms with Gasteiger partial charge in [-0.2, -0.15) is 0 Å². The van der Waals surface area contributed by atoms with Gasteiger partial charge in [0.1, 0.15) is 11.2 Å². The van der Waals surface area contributed by atoms with Crippen LogP contribution in [-0.2, 0) is 10.8 Å². The fourth-order valence-corrected chi connectivity index (χ4v) is 23.0. The highest BCUT2D eigenvalue weighted by Gasteiger charge is 2.46. The average Bonchev–Trinajstić information content (AvgIpc) is 1.54. The molecule has 0 N–H and O–H groups in total. The molecule has 0 unspecified atom stereocenters. The number of para-hydroxylation sites is 6. The van der Waals surface area contributed by atoms with Crippen LogP contribution >= 0.6 is 0 Å². The minimum absolute atomic E-state index is 0.0973. The first-order valence-corrected chi connectivity index (χ1v) is 49.7. The van der Waals surface area contributed by atoms with Crippen LogP contribution < -0.4 is 14.7 Å². The van der Waals surface area contributed by atoms with E-state index in [1.165, 1.54) is 149 Å². The van der Waals surface area contributed by atoms with Gasteiger partial charge in [-0.1, -0.05) is 396 Å². The normalized spacial score (nSPS) is 12.5. The third-order valence-electron chi connectivity index (χ3n) is 29.7. The monoisotopic (exact) mass is 1840 g/mol. The minimum atomic E-state index is -0.432. The van der Waals surface area contributed by atoms with Crippen molar-refractivity contribution in [3.05, 3.63) is 585 Å². The number of fused-ring (bicyclic) bond motifs is 19. The SMILES string of the molecule is CC1(C)c2ccccc2-c2ccc(N(c3ccc(-c4ccccc4)cc3)c3ccc(C4(c5ccccc5)c5ccccc5-c5ccccc54)cc3)cc21.c1ccc(-c2ccc(N(c3ccccc3)c3ccc(-n4c5ccccc5c5cc6c7ccccc7n(-c7ccccc7)c6cc54)cc3)cc2)cc1.c1ccc(-c2ccc(N(c3ccccc3)c3ccc4c(ccc5ccc6c7ccccc7oc6c54)c3)cc2)cc1. The summed E-state index contributed by atoms with van der Waals surface area (Å²) in [6, 6.07) is 200. The highest BCUT2D eigenvalue weighted by atomic mass is 16.3. The van der Waals surface area contributed by atoms with Gasteiger partial charge in [0, 0.05) is 106 Å². The Bertz CT molecular complexity index is 9240.